The van der Waals surface area contributed by atoms with Crippen molar-refractivity contribution >= 4 is 23.2 Å². The zero-order valence-corrected chi connectivity index (χ0v) is 12.5. The lowest BCUT2D eigenvalue weighted by molar-refractivity contribution is 0.0947. The van der Waals surface area contributed by atoms with Gasteiger partial charge in [0, 0.05) is 25.8 Å². The number of aromatic nitrogens is 2. The number of anilines is 1. The Morgan fingerprint density at radius 1 is 1.19 bits per heavy atom. The van der Waals surface area contributed by atoms with Gasteiger partial charge in [-0.05, 0) is 30.7 Å². The van der Waals surface area contributed by atoms with Crippen LogP contribution in [0.1, 0.15) is 16.9 Å². The van der Waals surface area contributed by atoms with Crippen LogP contribution >= 0.6 is 11.6 Å². The van der Waals surface area contributed by atoms with Crippen LogP contribution < -0.4 is 10.2 Å². The third kappa shape index (κ3) is 4.72. The van der Waals surface area contributed by atoms with Crippen LogP contribution in [-0.4, -0.2) is 36.2 Å². The van der Waals surface area contributed by atoms with Crippen LogP contribution in [0.2, 0.25) is 5.15 Å². The molecule has 0 spiro atoms. The Balaban J connectivity index is 1.72. The molecule has 6 heteroatoms. The number of amides is 1. The van der Waals surface area contributed by atoms with Gasteiger partial charge in [0.25, 0.3) is 5.91 Å². The number of rotatable bonds is 6. The molecule has 0 saturated carbocycles. The minimum Gasteiger partial charge on any atom is -0.375 e. The summed E-state index contributed by atoms with van der Waals surface area (Å²) < 4.78 is 0. The molecule has 1 N–H and O–H groups in total. The highest BCUT2D eigenvalue weighted by molar-refractivity contribution is 6.29. The summed E-state index contributed by atoms with van der Waals surface area (Å²) in [5.41, 5.74) is 1.43. The second kappa shape index (κ2) is 7.59. The second-order valence-electron chi connectivity index (χ2n) is 4.61. The highest BCUT2D eigenvalue weighted by atomic mass is 35.5. The average Bonchev–Trinajstić information content (AvgIpc) is 2.52. The van der Waals surface area contributed by atoms with E-state index < -0.39 is 0 Å². The van der Waals surface area contributed by atoms with Gasteiger partial charge in [0.2, 0.25) is 0 Å². The summed E-state index contributed by atoms with van der Waals surface area (Å²) in [4.78, 5) is 13.9. The van der Waals surface area contributed by atoms with Gasteiger partial charge in [-0.3, -0.25) is 4.79 Å². The molecule has 0 bridgehead atoms. The van der Waals surface area contributed by atoms with Crippen LogP contribution in [-0.2, 0) is 0 Å². The molecule has 0 fully saturated rings. The van der Waals surface area contributed by atoms with E-state index in [0.717, 1.165) is 18.7 Å². The Labute approximate surface area is 128 Å². The van der Waals surface area contributed by atoms with Crippen LogP contribution in [0, 0.1) is 0 Å². The summed E-state index contributed by atoms with van der Waals surface area (Å²) in [6.07, 6.45) is 0.845. The molecular weight excluding hydrogens is 288 g/mol. The topological polar surface area (TPSA) is 58.1 Å². The first-order valence-electron chi connectivity index (χ1n) is 6.70. The number of halogens is 1. The first-order chi connectivity index (χ1) is 10.2. The molecule has 0 saturated heterocycles. The van der Waals surface area contributed by atoms with Gasteiger partial charge in [0.15, 0.2) is 10.8 Å². The van der Waals surface area contributed by atoms with Gasteiger partial charge in [-0.2, -0.15) is 0 Å². The van der Waals surface area contributed by atoms with Crippen molar-refractivity contribution in [2.24, 2.45) is 0 Å². The lowest BCUT2D eigenvalue weighted by Gasteiger charge is -2.19. The molecule has 5 nitrogen and oxygen atoms in total. The zero-order chi connectivity index (χ0) is 15.1. The van der Waals surface area contributed by atoms with Gasteiger partial charge >= 0.3 is 0 Å². The maximum Gasteiger partial charge on any atom is 0.271 e. The SMILES string of the molecule is CN(CCCNC(=O)c1ccc(Cl)nn1)c1ccccc1. The molecule has 0 atom stereocenters. The Bertz CT molecular complexity index is 574. The first kappa shape index (κ1) is 15.3. The summed E-state index contributed by atoms with van der Waals surface area (Å²) in [5.74, 6) is -0.235. The van der Waals surface area contributed by atoms with E-state index in [1.165, 1.54) is 0 Å². The number of hydrogen-bond donors (Lipinski definition) is 1. The molecule has 1 aromatic carbocycles. The maximum absolute atomic E-state index is 11.8. The van der Waals surface area contributed by atoms with Gasteiger partial charge < -0.3 is 10.2 Å². The highest BCUT2D eigenvalue weighted by Gasteiger charge is 2.07. The predicted octanol–water partition coefficient (Wildman–Crippen LogP) is 2.39. The van der Waals surface area contributed by atoms with Gasteiger partial charge in [-0.15, -0.1) is 10.2 Å². The third-order valence-electron chi connectivity index (χ3n) is 3.02. The number of nitrogens with zero attached hydrogens (tertiary/aromatic N) is 3. The van der Waals surface area contributed by atoms with E-state index in [2.05, 4.69) is 32.5 Å². The van der Waals surface area contributed by atoms with Crippen molar-refractivity contribution in [1.82, 2.24) is 15.5 Å². The Morgan fingerprint density at radius 2 is 1.95 bits per heavy atom. The van der Waals surface area contributed by atoms with E-state index in [0.29, 0.717) is 6.54 Å². The normalized spacial score (nSPS) is 10.2. The smallest absolute Gasteiger partial charge is 0.271 e. The van der Waals surface area contributed by atoms with Crippen molar-refractivity contribution in [2.45, 2.75) is 6.42 Å². The van der Waals surface area contributed by atoms with Crippen LogP contribution in [0.15, 0.2) is 42.5 Å². The van der Waals surface area contributed by atoms with Crippen molar-refractivity contribution in [1.29, 1.82) is 0 Å². The van der Waals surface area contributed by atoms with Crippen molar-refractivity contribution in [3.8, 4) is 0 Å². The number of para-hydroxylation sites is 1. The van der Waals surface area contributed by atoms with Gasteiger partial charge in [-0.25, -0.2) is 0 Å². The minimum absolute atomic E-state index is 0.235. The second-order valence-corrected chi connectivity index (χ2v) is 5.00. The van der Waals surface area contributed by atoms with E-state index in [-0.39, 0.29) is 16.8 Å². The van der Waals surface area contributed by atoms with E-state index in [4.69, 9.17) is 11.6 Å². The molecule has 1 heterocycles. The number of carbonyl (C=O) groups is 1. The van der Waals surface area contributed by atoms with Crippen molar-refractivity contribution in [3.05, 3.63) is 53.3 Å². The minimum atomic E-state index is -0.235. The predicted molar refractivity (Wildman–Crippen MR) is 83.7 cm³/mol. The number of hydrogen-bond acceptors (Lipinski definition) is 4. The van der Waals surface area contributed by atoms with E-state index in [9.17, 15) is 4.79 Å². The van der Waals surface area contributed by atoms with Crippen LogP contribution in [0.25, 0.3) is 0 Å². The maximum atomic E-state index is 11.8. The molecule has 0 unspecified atom stereocenters. The van der Waals surface area contributed by atoms with Gasteiger partial charge in [0.1, 0.15) is 0 Å². The molecule has 2 rings (SSSR count). The number of benzene rings is 1. The molecule has 1 amide bonds. The van der Waals surface area contributed by atoms with E-state index in [1.54, 1.807) is 12.1 Å². The molecule has 0 aliphatic rings. The fraction of sp³-hybridized carbons (Fsp3) is 0.267. The number of nitrogens with one attached hydrogen (secondary N) is 1. The largest absolute Gasteiger partial charge is 0.375 e. The number of carbonyl (C=O) groups excluding carboxylic acids is 1. The van der Waals surface area contributed by atoms with Crippen LogP contribution in [0.4, 0.5) is 5.69 Å². The quantitative estimate of drug-likeness (QED) is 0.833. The molecule has 0 radical (unpaired) electrons. The Kier molecular flexibility index (Phi) is 5.51. The van der Waals surface area contributed by atoms with E-state index >= 15 is 0 Å². The zero-order valence-electron chi connectivity index (χ0n) is 11.8. The lowest BCUT2D eigenvalue weighted by atomic mass is 10.3. The Morgan fingerprint density at radius 3 is 2.62 bits per heavy atom. The standard InChI is InChI=1S/C15H17ClN4O/c1-20(12-6-3-2-4-7-12)11-5-10-17-15(21)13-8-9-14(16)19-18-13/h2-4,6-9H,5,10-11H2,1H3,(H,17,21). The van der Waals surface area contributed by atoms with Crippen molar-refractivity contribution < 1.29 is 4.79 Å². The van der Waals surface area contributed by atoms with Gasteiger partial charge in [-0.1, -0.05) is 29.8 Å². The molecule has 2 aromatic rings. The molecule has 0 aliphatic heterocycles. The van der Waals surface area contributed by atoms with E-state index in [1.807, 2.05) is 25.2 Å². The fourth-order valence-corrected chi connectivity index (χ4v) is 1.96. The average molecular weight is 305 g/mol. The summed E-state index contributed by atoms with van der Waals surface area (Å²) in [7, 11) is 2.03. The molecular formula is C15H17ClN4O. The third-order valence-corrected chi connectivity index (χ3v) is 3.22. The lowest BCUT2D eigenvalue weighted by Crippen LogP contribution is -2.28. The Hall–Kier alpha value is -2.14. The summed E-state index contributed by atoms with van der Waals surface area (Å²) >= 11 is 5.63. The van der Waals surface area contributed by atoms with Crippen molar-refractivity contribution in [2.75, 3.05) is 25.0 Å². The fourth-order valence-electron chi connectivity index (χ4n) is 1.86. The molecule has 0 aliphatic carbocycles. The van der Waals surface area contributed by atoms with Crippen LogP contribution in [0.3, 0.4) is 0 Å². The summed E-state index contributed by atoms with van der Waals surface area (Å²) in [6, 6.07) is 13.2. The molecule has 110 valence electrons. The summed E-state index contributed by atoms with van der Waals surface area (Å²) in [6.45, 7) is 1.44. The molecule has 21 heavy (non-hydrogen) atoms. The highest BCUT2D eigenvalue weighted by Crippen LogP contribution is 2.10. The summed E-state index contributed by atoms with van der Waals surface area (Å²) in [5, 5.41) is 10.5. The van der Waals surface area contributed by atoms with Crippen LogP contribution in [0.5, 0.6) is 0 Å². The molecule has 1 aromatic heterocycles. The van der Waals surface area contributed by atoms with Crippen molar-refractivity contribution in [3.63, 3.8) is 0 Å². The first-order valence-corrected chi connectivity index (χ1v) is 7.08. The van der Waals surface area contributed by atoms with Gasteiger partial charge in [0.05, 0.1) is 0 Å². The monoisotopic (exact) mass is 304 g/mol.